The van der Waals surface area contributed by atoms with E-state index in [0.29, 0.717) is 23.9 Å². The van der Waals surface area contributed by atoms with Crippen molar-refractivity contribution in [3.05, 3.63) is 54.1 Å². The highest BCUT2D eigenvalue weighted by Crippen LogP contribution is 2.26. The van der Waals surface area contributed by atoms with E-state index in [1.54, 1.807) is 30.3 Å². The molecule has 2 N–H and O–H groups in total. The first-order valence-corrected chi connectivity index (χ1v) is 8.18. The van der Waals surface area contributed by atoms with Crippen LogP contribution in [-0.2, 0) is 16.0 Å². The topological polar surface area (TPSA) is 85.9 Å². The second-order valence-corrected chi connectivity index (χ2v) is 5.25. The summed E-state index contributed by atoms with van der Waals surface area (Å²) >= 11 is 0. The number of amides is 2. The van der Waals surface area contributed by atoms with Gasteiger partial charge >= 0.3 is 0 Å². The maximum atomic E-state index is 12.0. The van der Waals surface area contributed by atoms with Gasteiger partial charge in [0, 0.05) is 5.56 Å². The van der Waals surface area contributed by atoms with Crippen molar-refractivity contribution in [2.24, 2.45) is 0 Å². The number of methoxy groups -OCH3 is 1. The molecule has 2 rings (SSSR count). The van der Waals surface area contributed by atoms with Gasteiger partial charge in [0.25, 0.3) is 5.91 Å². The molecule has 0 spiro atoms. The van der Waals surface area contributed by atoms with Crippen LogP contribution in [0.1, 0.15) is 12.5 Å². The normalized spacial score (nSPS) is 9.92. The fourth-order valence-electron chi connectivity index (χ4n) is 2.23. The van der Waals surface area contributed by atoms with Gasteiger partial charge in [0.05, 0.1) is 20.1 Å². The number of carbonyl (C=O) groups excluding carboxylic acids is 2. The quantitative estimate of drug-likeness (QED) is 0.704. The molecule has 7 nitrogen and oxygen atoms in total. The molecule has 0 heterocycles. The van der Waals surface area contributed by atoms with Crippen molar-refractivity contribution in [3.63, 3.8) is 0 Å². The summed E-state index contributed by atoms with van der Waals surface area (Å²) in [5.74, 6) is 0.792. The van der Waals surface area contributed by atoms with Crippen LogP contribution in [0, 0.1) is 0 Å². The molecule has 0 aliphatic rings. The number of benzene rings is 2. The van der Waals surface area contributed by atoms with Crippen molar-refractivity contribution in [2.45, 2.75) is 13.3 Å². The lowest BCUT2D eigenvalue weighted by atomic mass is 10.1. The van der Waals surface area contributed by atoms with Gasteiger partial charge in [-0.3, -0.25) is 20.4 Å². The van der Waals surface area contributed by atoms with Gasteiger partial charge in [-0.2, -0.15) is 0 Å². The number of hydrazine groups is 1. The third kappa shape index (κ3) is 5.70. The molecule has 2 aromatic carbocycles. The molecular weight excluding hydrogens is 336 g/mol. The van der Waals surface area contributed by atoms with E-state index >= 15 is 0 Å². The van der Waals surface area contributed by atoms with E-state index in [0.717, 1.165) is 5.56 Å². The molecule has 26 heavy (non-hydrogen) atoms. The highest BCUT2D eigenvalue weighted by atomic mass is 16.5. The van der Waals surface area contributed by atoms with E-state index in [1.807, 2.05) is 25.1 Å². The summed E-state index contributed by atoms with van der Waals surface area (Å²) in [6.45, 7) is 2.10. The number of nitrogens with one attached hydrogen (secondary N) is 2. The summed E-state index contributed by atoms with van der Waals surface area (Å²) in [7, 11) is 1.54. The SMILES string of the molecule is CCOc1ccccc1OCC(=O)NNC(=O)Cc1ccccc1OC. The molecule has 0 saturated heterocycles. The first-order chi connectivity index (χ1) is 12.6. The Balaban J connectivity index is 1.79. The highest BCUT2D eigenvalue weighted by molar-refractivity contribution is 5.84. The Morgan fingerprint density at radius 1 is 0.846 bits per heavy atom. The molecule has 0 radical (unpaired) electrons. The average Bonchev–Trinajstić information content (AvgIpc) is 2.66. The van der Waals surface area contributed by atoms with Gasteiger partial charge in [-0.05, 0) is 25.1 Å². The van der Waals surface area contributed by atoms with E-state index in [-0.39, 0.29) is 18.9 Å². The molecule has 0 atom stereocenters. The predicted octanol–water partition coefficient (Wildman–Crippen LogP) is 1.86. The summed E-state index contributed by atoms with van der Waals surface area (Å²) in [6.07, 6.45) is 0.0817. The van der Waals surface area contributed by atoms with Crippen LogP contribution in [0.25, 0.3) is 0 Å². The second-order valence-electron chi connectivity index (χ2n) is 5.25. The van der Waals surface area contributed by atoms with Gasteiger partial charge in [0.15, 0.2) is 18.1 Å². The van der Waals surface area contributed by atoms with Gasteiger partial charge in [0.1, 0.15) is 5.75 Å². The zero-order valence-electron chi connectivity index (χ0n) is 14.8. The van der Waals surface area contributed by atoms with E-state index in [1.165, 1.54) is 7.11 Å². The fraction of sp³-hybridized carbons (Fsp3) is 0.263. The lowest BCUT2D eigenvalue weighted by Gasteiger charge is -2.12. The minimum atomic E-state index is -0.482. The summed E-state index contributed by atoms with van der Waals surface area (Å²) in [5, 5.41) is 0. The molecule has 0 aliphatic carbocycles. The van der Waals surface area contributed by atoms with E-state index in [2.05, 4.69) is 10.9 Å². The van der Waals surface area contributed by atoms with Crippen molar-refractivity contribution in [2.75, 3.05) is 20.3 Å². The van der Waals surface area contributed by atoms with Crippen LogP contribution in [0.2, 0.25) is 0 Å². The van der Waals surface area contributed by atoms with Crippen LogP contribution >= 0.6 is 0 Å². The molecule has 0 unspecified atom stereocenters. The second kappa shape index (κ2) is 9.93. The molecule has 2 amide bonds. The first kappa shape index (κ1) is 19.1. The highest BCUT2D eigenvalue weighted by Gasteiger charge is 2.11. The molecule has 0 saturated carbocycles. The summed E-state index contributed by atoms with van der Waals surface area (Å²) in [4.78, 5) is 23.8. The lowest BCUT2D eigenvalue weighted by Crippen LogP contribution is -2.44. The standard InChI is InChI=1S/C19H22N2O5/c1-3-25-16-10-6-7-11-17(16)26-13-19(23)21-20-18(22)12-14-8-4-5-9-15(14)24-2/h4-11H,3,12-13H2,1-2H3,(H,20,22)(H,21,23). The van der Waals surface area contributed by atoms with Crippen molar-refractivity contribution < 1.29 is 23.8 Å². The maximum Gasteiger partial charge on any atom is 0.276 e. The molecule has 2 aromatic rings. The van der Waals surface area contributed by atoms with Crippen LogP contribution in [-0.4, -0.2) is 32.1 Å². The Morgan fingerprint density at radius 2 is 1.42 bits per heavy atom. The predicted molar refractivity (Wildman–Crippen MR) is 96.1 cm³/mol. The van der Waals surface area contributed by atoms with Crippen LogP contribution in [0.5, 0.6) is 17.2 Å². The maximum absolute atomic E-state index is 12.0. The van der Waals surface area contributed by atoms with Crippen LogP contribution in [0.15, 0.2) is 48.5 Å². The molecule has 0 aromatic heterocycles. The Kier molecular flexibility index (Phi) is 7.30. The molecule has 0 fully saturated rings. The monoisotopic (exact) mass is 358 g/mol. The van der Waals surface area contributed by atoms with Crippen molar-refractivity contribution in [3.8, 4) is 17.2 Å². The number of hydrogen-bond acceptors (Lipinski definition) is 5. The first-order valence-electron chi connectivity index (χ1n) is 8.18. The van der Waals surface area contributed by atoms with Crippen molar-refractivity contribution in [1.29, 1.82) is 0 Å². The third-order valence-corrected chi connectivity index (χ3v) is 3.39. The van der Waals surface area contributed by atoms with Crippen LogP contribution < -0.4 is 25.1 Å². The number of ether oxygens (including phenoxy) is 3. The number of rotatable bonds is 8. The van der Waals surface area contributed by atoms with Crippen LogP contribution in [0.4, 0.5) is 0 Å². The molecule has 138 valence electrons. The average molecular weight is 358 g/mol. The summed E-state index contributed by atoms with van der Waals surface area (Å²) in [6, 6.07) is 14.2. The Morgan fingerprint density at radius 3 is 2.08 bits per heavy atom. The minimum absolute atomic E-state index is 0.0817. The molecule has 7 heteroatoms. The van der Waals surface area contributed by atoms with Gasteiger partial charge < -0.3 is 14.2 Å². The molecule has 0 bridgehead atoms. The van der Waals surface area contributed by atoms with Gasteiger partial charge in [-0.25, -0.2) is 0 Å². The number of para-hydroxylation sites is 3. The van der Waals surface area contributed by atoms with Gasteiger partial charge in [0.2, 0.25) is 5.91 Å². The Labute approximate surface area is 152 Å². The zero-order chi connectivity index (χ0) is 18.8. The largest absolute Gasteiger partial charge is 0.496 e. The van der Waals surface area contributed by atoms with Crippen molar-refractivity contribution >= 4 is 11.8 Å². The van der Waals surface area contributed by atoms with Crippen molar-refractivity contribution in [1.82, 2.24) is 10.9 Å². The summed E-state index contributed by atoms with van der Waals surface area (Å²) in [5.41, 5.74) is 5.40. The third-order valence-electron chi connectivity index (χ3n) is 3.39. The fourth-order valence-corrected chi connectivity index (χ4v) is 2.23. The molecular formula is C19H22N2O5. The van der Waals surface area contributed by atoms with E-state index < -0.39 is 5.91 Å². The lowest BCUT2D eigenvalue weighted by molar-refractivity contribution is -0.129. The molecule has 0 aliphatic heterocycles. The minimum Gasteiger partial charge on any atom is -0.496 e. The Hall–Kier alpha value is -3.22. The van der Waals surface area contributed by atoms with E-state index in [4.69, 9.17) is 14.2 Å². The smallest absolute Gasteiger partial charge is 0.276 e. The zero-order valence-corrected chi connectivity index (χ0v) is 14.8. The number of carbonyl (C=O) groups is 2. The summed E-state index contributed by atoms with van der Waals surface area (Å²) < 4.78 is 16.0. The van der Waals surface area contributed by atoms with Gasteiger partial charge in [-0.1, -0.05) is 30.3 Å². The van der Waals surface area contributed by atoms with Gasteiger partial charge in [-0.15, -0.1) is 0 Å². The number of hydrogen-bond donors (Lipinski definition) is 2. The Bertz CT molecular complexity index is 748. The van der Waals surface area contributed by atoms with E-state index in [9.17, 15) is 9.59 Å². The van der Waals surface area contributed by atoms with Crippen LogP contribution in [0.3, 0.4) is 0 Å².